The van der Waals surface area contributed by atoms with E-state index in [0.29, 0.717) is 23.0 Å². The number of nitrogens with zero attached hydrogens (tertiary/aromatic N) is 6. The summed E-state index contributed by atoms with van der Waals surface area (Å²) in [6.07, 6.45) is 0. The second-order valence-electron chi connectivity index (χ2n) is 13.2. The molecule has 8 rings (SSSR count). The molecule has 220 valence electrons. The van der Waals surface area contributed by atoms with Crippen molar-refractivity contribution in [1.82, 2.24) is 8.96 Å². The third-order valence-corrected chi connectivity index (χ3v) is 11.6. The number of benzene rings is 3. The number of aryl methyl sites for hydroxylation is 4. The third-order valence-electron chi connectivity index (χ3n) is 11.6. The fourth-order valence-electron chi connectivity index (χ4n) is 7.96. The van der Waals surface area contributed by atoms with Crippen LogP contribution in [0.15, 0.2) is 20.0 Å². The van der Waals surface area contributed by atoms with Crippen LogP contribution in [0, 0.1) is 83.1 Å². The van der Waals surface area contributed by atoms with Gasteiger partial charge in [-0.2, -0.15) is 0 Å². The van der Waals surface area contributed by atoms with Crippen molar-refractivity contribution < 1.29 is 5.02 Å². The van der Waals surface area contributed by atoms with Crippen molar-refractivity contribution in [1.29, 1.82) is 0 Å². The minimum absolute atomic E-state index is 0.641. The molecule has 3 aliphatic rings. The van der Waals surface area contributed by atoms with E-state index in [1.165, 1.54) is 33.4 Å². The predicted molar refractivity (Wildman–Crippen MR) is 181 cm³/mol. The van der Waals surface area contributed by atoms with Crippen LogP contribution in [-0.2, 0) is 0 Å². The minimum atomic E-state index is -1.08. The molecule has 2 aromatic heterocycles. The van der Waals surface area contributed by atoms with E-state index in [1.807, 2.05) is 8.96 Å². The largest absolute Gasteiger partial charge is 0.560 e. The van der Waals surface area contributed by atoms with Crippen molar-refractivity contribution in [3.63, 3.8) is 0 Å². The molecule has 0 atom stereocenters. The maximum Gasteiger partial charge on any atom is 0.560 e. The van der Waals surface area contributed by atoms with Crippen LogP contribution in [0.4, 0.5) is 11.6 Å². The molecule has 1 N–H and O–H groups in total. The lowest BCUT2D eigenvalue weighted by Gasteiger charge is -2.18. The molecular weight excluding hydrogens is 543 g/mol. The van der Waals surface area contributed by atoms with Gasteiger partial charge < -0.3 is 14.0 Å². The zero-order chi connectivity index (χ0) is 31.4. The van der Waals surface area contributed by atoms with Gasteiger partial charge in [0.15, 0.2) is 11.7 Å². The highest BCUT2D eigenvalue weighted by molar-refractivity contribution is 6.50. The molecule has 5 heterocycles. The van der Waals surface area contributed by atoms with E-state index in [4.69, 9.17) is 20.0 Å². The van der Waals surface area contributed by atoms with Crippen molar-refractivity contribution in [2.75, 3.05) is 0 Å². The molecule has 4 bridgehead atoms. The molecule has 0 amide bonds. The number of hydrogen-bond acceptors (Lipinski definition) is 5. The summed E-state index contributed by atoms with van der Waals surface area (Å²) in [6.45, 7) is 26.0. The van der Waals surface area contributed by atoms with E-state index in [1.54, 1.807) is 0 Å². The highest BCUT2D eigenvalue weighted by atomic mass is 16.2. The average Bonchev–Trinajstić information content (AvgIpc) is 3.63. The van der Waals surface area contributed by atoms with E-state index in [-0.39, 0.29) is 0 Å². The summed E-state index contributed by atoms with van der Waals surface area (Å²) in [5.41, 5.74) is 17.8. The van der Waals surface area contributed by atoms with E-state index < -0.39 is 7.19 Å². The Bertz CT molecular complexity index is 2470. The molecule has 0 saturated heterocycles. The fourth-order valence-corrected chi connectivity index (χ4v) is 7.96. The molecule has 0 spiro atoms. The van der Waals surface area contributed by atoms with E-state index in [0.717, 1.165) is 77.4 Å². The van der Waals surface area contributed by atoms with Gasteiger partial charge in [-0.05, 0) is 150 Å². The molecule has 3 aromatic carbocycles. The lowest BCUT2D eigenvalue weighted by Crippen LogP contribution is -2.48. The molecule has 0 fully saturated rings. The summed E-state index contributed by atoms with van der Waals surface area (Å²) in [4.78, 5) is 21.4. The molecule has 0 radical (unpaired) electrons. The monoisotopic (exact) mass is 580 g/mol. The van der Waals surface area contributed by atoms with E-state index >= 15 is 0 Å². The van der Waals surface area contributed by atoms with Gasteiger partial charge in [-0.25, -0.2) is 20.0 Å². The maximum absolute atomic E-state index is 12.5. The van der Waals surface area contributed by atoms with Gasteiger partial charge in [-0.15, -0.1) is 0 Å². The SMILES string of the molecule is Cc1c(C)c(C)c2c(c1C)C1=NC2=Nc2c3c(C)c(C)c(C)c(C)c3c3n2B(O)n2c(c4c(C)c(C)c(C)c(C)c4c2=N3)=N1. The average molecular weight is 581 g/mol. The van der Waals surface area contributed by atoms with Gasteiger partial charge >= 0.3 is 7.19 Å². The van der Waals surface area contributed by atoms with Crippen LogP contribution in [0.3, 0.4) is 0 Å². The quantitative estimate of drug-likeness (QED) is 0.211. The topological polar surface area (TPSA) is 79.5 Å². The second-order valence-corrected chi connectivity index (χ2v) is 13.2. The van der Waals surface area contributed by atoms with Crippen LogP contribution < -0.4 is 11.0 Å². The Morgan fingerprint density at radius 2 is 0.750 bits per heavy atom. The Morgan fingerprint density at radius 3 is 1.23 bits per heavy atom. The van der Waals surface area contributed by atoms with Crippen molar-refractivity contribution >= 4 is 52.0 Å². The summed E-state index contributed by atoms with van der Waals surface area (Å²) in [5, 5.41) is 16.6. The summed E-state index contributed by atoms with van der Waals surface area (Å²) >= 11 is 0. The van der Waals surface area contributed by atoms with Crippen LogP contribution >= 0.6 is 0 Å². The minimum Gasteiger partial charge on any atom is -0.413 e. The maximum atomic E-state index is 12.5. The van der Waals surface area contributed by atoms with Crippen molar-refractivity contribution in [2.24, 2.45) is 20.0 Å². The Morgan fingerprint density at radius 1 is 0.386 bits per heavy atom. The number of hydrogen-bond donors (Lipinski definition) is 1. The molecule has 0 saturated carbocycles. The van der Waals surface area contributed by atoms with Gasteiger partial charge in [0.05, 0.1) is 0 Å². The highest BCUT2D eigenvalue weighted by Crippen LogP contribution is 2.46. The molecule has 5 aromatic rings. The Labute approximate surface area is 257 Å². The second kappa shape index (κ2) is 8.45. The van der Waals surface area contributed by atoms with Crippen LogP contribution in [0.2, 0.25) is 0 Å². The van der Waals surface area contributed by atoms with E-state index in [2.05, 4.69) is 83.1 Å². The summed E-state index contributed by atoms with van der Waals surface area (Å²) in [7, 11) is -1.08. The number of rotatable bonds is 0. The summed E-state index contributed by atoms with van der Waals surface area (Å²) < 4.78 is 3.82. The first-order valence-electron chi connectivity index (χ1n) is 15.5. The number of fused-ring (bicyclic) bond motifs is 10. The van der Waals surface area contributed by atoms with Crippen LogP contribution in [0.5, 0.6) is 0 Å². The zero-order valence-electron chi connectivity index (χ0n) is 27.7. The normalized spacial score (nSPS) is 14.6. The molecule has 8 heteroatoms. The fraction of sp³-hybridized carbons (Fsp3) is 0.333. The van der Waals surface area contributed by atoms with Crippen molar-refractivity contribution in [3.8, 4) is 0 Å². The van der Waals surface area contributed by atoms with Crippen LogP contribution in [0.1, 0.15) is 77.9 Å². The van der Waals surface area contributed by atoms with Crippen molar-refractivity contribution in [3.05, 3.63) is 88.9 Å². The molecular formula is C36H37BN6O. The lowest BCUT2D eigenvalue weighted by atomic mass is 9.89. The highest BCUT2D eigenvalue weighted by Gasteiger charge is 2.39. The van der Waals surface area contributed by atoms with Gasteiger partial charge in [0, 0.05) is 32.7 Å². The smallest absolute Gasteiger partial charge is 0.413 e. The summed E-state index contributed by atoms with van der Waals surface area (Å²) in [6, 6.07) is 0. The third kappa shape index (κ3) is 2.93. The number of aromatic nitrogens is 2. The Balaban J connectivity index is 1.74. The predicted octanol–water partition coefficient (Wildman–Crippen LogP) is 6.41. The first-order valence-corrected chi connectivity index (χ1v) is 15.5. The molecule has 3 aliphatic heterocycles. The lowest BCUT2D eigenvalue weighted by molar-refractivity contribution is 0.528. The van der Waals surface area contributed by atoms with Gasteiger partial charge in [0.1, 0.15) is 22.6 Å². The molecule has 0 unspecified atom stereocenters. The zero-order valence-corrected chi connectivity index (χ0v) is 27.7. The molecule has 7 nitrogen and oxygen atoms in total. The number of amidine groups is 2. The van der Waals surface area contributed by atoms with Crippen LogP contribution in [-0.4, -0.2) is 32.8 Å². The van der Waals surface area contributed by atoms with Gasteiger partial charge in [-0.1, -0.05) is 0 Å². The van der Waals surface area contributed by atoms with Crippen LogP contribution in [0.25, 0.3) is 21.5 Å². The molecule has 44 heavy (non-hydrogen) atoms. The standard InChI is InChI=1S/C36H37BN6O/c1-13-14(2)20(8)26-25(19(13)7)31-38-32(26)40-34-28-22(10)16(4)18(6)24(12)30(28)36-41-35-29-23(11)17(5)15(3)21(9)27(29)33(39-31)42(35)37(44)43(34)36/h44H,1-12H3. The Kier molecular flexibility index (Phi) is 5.24. The molecule has 0 aliphatic carbocycles. The van der Waals surface area contributed by atoms with Gasteiger partial charge in [0.25, 0.3) is 0 Å². The first kappa shape index (κ1) is 27.3. The van der Waals surface area contributed by atoms with Crippen molar-refractivity contribution in [2.45, 2.75) is 83.1 Å². The Hall–Kier alpha value is -4.30. The number of aliphatic imine (C=N–C) groups is 2. The van der Waals surface area contributed by atoms with Gasteiger partial charge in [0.2, 0.25) is 0 Å². The summed E-state index contributed by atoms with van der Waals surface area (Å²) in [5.74, 6) is 2.71. The van der Waals surface area contributed by atoms with Gasteiger partial charge in [-0.3, -0.25) is 0 Å². The van der Waals surface area contributed by atoms with E-state index in [9.17, 15) is 5.02 Å². The first-order chi connectivity index (χ1) is 20.8.